The average Bonchev–Trinajstić information content (AvgIpc) is 2.24. The summed E-state index contributed by atoms with van der Waals surface area (Å²) in [5, 5.41) is 0. The van der Waals surface area contributed by atoms with Gasteiger partial charge in [0.2, 0.25) is 0 Å². The van der Waals surface area contributed by atoms with Crippen molar-refractivity contribution in [3.8, 4) is 0 Å². The van der Waals surface area contributed by atoms with Gasteiger partial charge in [-0.05, 0) is 0 Å². The van der Waals surface area contributed by atoms with Crippen molar-refractivity contribution in [1.29, 1.82) is 0 Å². The molecule has 0 atom stereocenters. The number of halogens is 1. The van der Waals surface area contributed by atoms with Gasteiger partial charge in [-0.25, -0.2) is 0 Å². The zero-order chi connectivity index (χ0) is 12.7. The summed E-state index contributed by atoms with van der Waals surface area (Å²) in [7, 11) is 1.58. The molecule has 0 aromatic carbocycles. The Morgan fingerprint density at radius 3 is 2.31 bits per heavy atom. The molecule has 0 aliphatic rings. The molecule has 0 saturated carbocycles. The Kier molecular flexibility index (Phi) is 7.33. The summed E-state index contributed by atoms with van der Waals surface area (Å²) >= 11 is -0.726. The molecule has 0 radical (unpaired) electrons. The molecule has 0 aromatic rings. The van der Waals surface area contributed by atoms with Gasteiger partial charge in [-0.1, -0.05) is 0 Å². The summed E-state index contributed by atoms with van der Waals surface area (Å²) < 4.78 is 7.67. The molecule has 0 aliphatic carbocycles. The van der Waals surface area contributed by atoms with Crippen LogP contribution in [0.15, 0.2) is 35.5 Å². The second-order valence-electron chi connectivity index (χ2n) is 3.47. The van der Waals surface area contributed by atoms with Crippen LogP contribution < -0.4 is 25.4 Å². The quantitative estimate of drug-likeness (QED) is 0.308. The molecular formula is C12H19INO2-. The van der Waals surface area contributed by atoms with E-state index in [1.54, 1.807) is 7.11 Å². The van der Waals surface area contributed by atoms with E-state index in [0.717, 1.165) is 23.1 Å². The first-order valence-electron chi connectivity index (χ1n) is 4.97. The van der Waals surface area contributed by atoms with Gasteiger partial charge in [0.1, 0.15) is 0 Å². The number of amides is 1. The average molecular weight is 336 g/mol. The third kappa shape index (κ3) is 4.49. The van der Waals surface area contributed by atoms with E-state index < -0.39 is 21.9 Å². The molecule has 0 fully saturated rings. The van der Waals surface area contributed by atoms with Crippen LogP contribution in [-0.4, -0.2) is 13.0 Å². The monoisotopic (exact) mass is 336 g/mol. The van der Waals surface area contributed by atoms with Crippen molar-refractivity contribution in [3.63, 3.8) is 0 Å². The maximum atomic E-state index is 11.9. The summed E-state index contributed by atoms with van der Waals surface area (Å²) in [4.78, 5) is 11.9. The van der Waals surface area contributed by atoms with Crippen molar-refractivity contribution >= 4 is 5.91 Å². The van der Waals surface area contributed by atoms with Gasteiger partial charge in [0, 0.05) is 0 Å². The summed E-state index contributed by atoms with van der Waals surface area (Å²) in [6.45, 7) is 13.6. The van der Waals surface area contributed by atoms with Gasteiger partial charge >= 0.3 is 109 Å². The standard InChI is InChI=1S/C12H19INO2/c1-7-9(4)10(5)11(8(2)3)12(15)14-13-16-6/h4-5,7H2,1-3,6H3,(H,14,15)/q-1. The van der Waals surface area contributed by atoms with Gasteiger partial charge in [-0.15, -0.1) is 0 Å². The van der Waals surface area contributed by atoms with Gasteiger partial charge in [0.15, 0.2) is 0 Å². The Balaban J connectivity index is 4.92. The van der Waals surface area contributed by atoms with E-state index in [2.05, 4.69) is 16.7 Å². The van der Waals surface area contributed by atoms with Crippen molar-refractivity contribution in [2.75, 3.05) is 7.11 Å². The second-order valence-corrected chi connectivity index (χ2v) is 5.33. The number of nitrogens with one attached hydrogen (secondary N) is 1. The van der Waals surface area contributed by atoms with Crippen LogP contribution in [0.4, 0.5) is 0 Å². The Hall–Kier alpha value is -0.620. The fraction of sp³-hybridized carbons (Fsp3) is 0.417. The first kappa shape index (κ1) is 15.4. The van der Waals surface area contributed by atoms with Gasteiger partial charge < -0.3 is 0 Å². The molecular weight excluding hydrogens is 317 g/mol. The molecule has 92 valence electrons. The Labute approximate surface area is 109 Å². The van der Waals surface area contributed by atoms with Crippen molar-refractivity contribution in [3.05, 3.63) is 35.5 Å². The molecule has 0 bridgehead atoms. The number of carbonyl (C=O) groups is 1. The minimum atomic E-state index is -0.726. The summed E-state index contributed by atoms with van der Waals surface area (Å²) in [5.74, 6) is -0.116. The Morgan fingerprint density at radius 1 is 1.38 bits per heavy atom. The molecule has 0 heterocycles. The predicted molar refractivity (Wildman–Crippen MR) is 62.1 cm³/mol. The van der Waals surface area contributed by atoms with Crippen LogP contribution in [0.5, 0.6) is 0 Å². The van der Waals surface area contributed by atoms with Crippen LogP contribution in [0.25, 0.3) is 0 Å². The molecule has 1 amide bonds. The van der Waals surface area contributed by atoms with E-state index in [1.807, 2.05) is 20.8 Å². The number of carbonyl (C=O) groups excluding carboxylic acids is 1. The van der Waals surface area contributed by atoms with E-state index in [1.165, 1.54) is 0 Å². The van der Waals surface area contributed by atoms with Crippen molar-refractivity contribution in [1.82, 2.24) is 3.53 Å². The number of allylic oxidation sites excluding steroid dienone is 2. The van der Waals surface area contributed by atoms with E-state index in [0.29, 0.717) is 5.57 Å². The van der Waals surface area contributed by atoms with Gasteiger partial charge in [0.05, 0.1) is 0 Å². The first-order chi connectivity index (χ1) is 7.45. The molecule has 1 N–H and O–H groups in total. The summed E-state index contributed by atoms with van der Waals surface area (Å²) in [6.07, 6.45) is 0.794. The van der Waals surface area contributed by atoms with Crippen LogP contribution >= 0.6 is 0 Å². The molecule has 16 heavy (non-hydrogen) atoms. The normalized spacial score (nSPS) is 9.75. The molecule has 0 aromatic heterocycles. The minimum absolute atomic E-state index is 0.116. The van der Waals surface area contributed by atoms with E-state index >= 15 is 0 Å². The fourth-order valence-corrected chi connectivity index (χ4v) is 1.87. The van der Waals surface area contributed by atoms with E-state index in [9.17, 15) is 4.79 Å². The van der Waals surface area contributed by atoms with E-state index in [-0.39, 0.29) is 5.91 Å². The molecule has 0 rings (SSSR count). The van der Waals surface area contributed by atoms with Crippen molar-refractivity contribution in [2.45, 2.75) is 27.2 Å². The predicted octanol–water partition coefficient (Wildman–Crippen LogP) is -0.473. The van der Waals surface area contributed by atoms with Gasteiger partial charge in [0.25, 0.3) is 0 Å². The molecule has 0 aliphatic heterocycles. The summed E-state index contributed by atoms with van der Waals surface area (Å²) in [6, 6.07) is 0. The Bertz CT molecular complexity index is 328. The zero-order valence-corrected chi connectivity index (χ0v) is 12.5. The SMILES string of the molecule is C=C(CC)C(=C)C(C(=O)N[I-]OC)=C(C)C. The van der Waals surface area contributed by atoms with Gasteiger partial charge in [-0.2, -0.15) is 0 Å². The van der Waals surface area contributed by atoms with Gasteiger partial charge in [-0.3, -0.25) is 0 Å². The third-order valence-corrected chi connectivity index (χ3v) is 3.23. The molecule has 3 nitrogen and oxygen atoms in total. The van der Waals surface area contributed by atoms with Crippen LogP contribution in [0, 0.1) is 0 Å². The summed E-state index contributed by atoms with van der Waals surface area (Å²) in [5.41, 5.74) is 3.18. The third-order valence-electron chi connectivity index (χ3n) is 2.08. The topological polar surface area (TPSA) is 38.3 Å². The number of hydrogen-bond acceptors (Lipinski definition) is 2. The van der Waals surface area contributed by atoms with Crippen molar-refractivity contribution < 1.29 is 29.8 Å². The first-order valence-corrected chi connectivity index (χ1v) is 6.93. The number of hydrogen-bond donors (Lipinski definition) is 1. The van der Waals surface area contributed by atoms with Crippen LogP contribution in [0.2, 0.25) is 0 Å². The zero-order valence-electron chi connectivity index (χ0n) is 10.3. The molecule has 4 heteroatoms. The van der Waals surface area contributed by atoms with Crippen LogP contribution in [0.1, 0.15) is 27.2 Å². The molecule has 0 spiro atoms. The van der Waals surface area contributed by atoms with E-state index in [4.69, 9.17) is 3.07 Å². The fourth-order valence-electron chi connectivity index (χ4n) is 1.18. The molecule has 0 unspecified atom stereocenters. The Morgan fingerprint density at radius 2 is 1.94 bits per heavy atom. The second kappa shape index (κ2) is 7.62. The van der Waals surface area contributed by atoms with Crippen LogP contribution in [-0.2, 0) is 7.86 Å². The number of rotatable bonds is 6. The van der Waals surface area contributed by atoms with Crippen molar-refractivity contribution in [2.24, 2.45) is 0 Å². The van der Waals surface area contributed by atoms with Crippen LogP contribution in [0.3, 0.4) is 0 Å². The maximum absolute atomic E-state index is 11.9. The molecule has 0 saturated heterocycles.